The minimum Gasteiger partial charge on any atom is -0.350 e. The molecule has 0 radical (unpaired) electrons. The number of carbonyl (C=O) groups excluding carboxylic acids is 1. The van der Waals surface area contributed by atoms with Crippen molar-refractivity contribution >= 4 is 18.3 Å². The molecule has 1 heterocycles. The highest BCUT2D eigenvalue weighted by Crippen LogP contribution is 2.12. The van der Waals surface area contributed by atoms with E-state index in [0.29, 0.717) is 6.54 Å². The lowest BCUT2D eigenvalue weighted by Gasteiger charge is -2.15. The number of halogens is 1. The van der Waals surface area contributed by atoms with Gasteiger partial charge in [0.2, 0.25) is 5.91 Å². The monoisotopic (exact) mass is 308 g/mol. The largest absolute Gasteiger partial charge is 0.350 e. The molecule has 2 N–H and O–H groups in total. The van der Waals surface area contributed by atoms with Gasteiger partial charge in [-0.15, -0.1) is 12.4 Å². The summed E-state index contributed by atoms with van der Waals surface area (Å²) in [4.78, 5) is 12.3. The second kappa shape index (κ2) is 7.81. The Balaban J connectivity index is 0.00000220. The van der Waals surface area contributed by atoms with Crippen LogP contribution >= 0.6 is 12.4 Å². The van der Waals surface area contributed by atoms with Crippen LogP contribution in [0.15, 0.2) is 36.7 Å². The molecule has 1 unspecified atom stereocenters. The number of hydrogen-bond donors (Lipinski definition) is 2. The van der Waals surface area contributed by atoms with Gasteiger partial charge < -0.3 is 10.6 Å². The molecule has 114 valence electrons. The molecule has 0 saturated carbocycles. The third-order valence-electron chi connectivity index (χ3n) is 3.32. The zero-order valence-electron chi connectivity index (χ0n) is 12.5. The highest BCUT2D eigenvalue weighted by Gasteiger charge is 2.19. The molecule has 1 aromatic carbocycles. The third-order valence-corrected chi connectivity index (χ3v) is 3.32. The van der Waals surface area contributed by atoms with Crippen molar-refractivity contribution in [2.75, 3.05) is 7.05 Å². The van der Waals surface area contributed by atoms with E-state index in [1.807, 2.05) is 44.4 Å². The van der Waals surface area contributed by atoms with Gasteiger partial charge in [-0.25, -0.2) is 0 Å². The Labute approximate surface area is 131 Å². The normalized spacial score (nSPS) is 11.6. The predicted octanol–water partition coefficient (Wildman–Crippen LogP) is 1.73. The van der Waals surface area contributed by atoms with Crippen LogP contribution in [0.2, 0.25) is 0 Å². The van der Waals surface area contributed by atoms with Crippen molar-refractivity contribution < 1.29 is 4.79 Å². The Morgan fingerprint density at radius 1 is 1.38 bits per heavy atom. The molecule has 1 amide bonds. The van der Waals surface area contributed by atoms with Crippen LogP contribution in [-0.4, -0.2) is 22.7 Å². The molecule has 21 heavy (non-hydrogen) atoms. The van der Waals surface area contributed by atoms with Crippen LogP contribution in [0.3, 0.4) is 0 Å². The van der Waals surface area contributed by atoms with Crippen molar-refractivity contribution in [1.82, 2.24) is 20.4 Å². The van der Waals surface area contributed by atoms with E-state index in [9.17, 15) is 4.79 Å². The molecule has 2 aromatic rings. The molecule has 6 heteroatoms. The van der Waals surface area contributed by atoms with E-state index in [4.69, 9.17) is 0 Å². The molecular formula is C15H21ClN4O. The average Bonchev–Trinajstić information content (AvgIpc) is 2.85. The van der Waals surface area contributed by atoms with Crippen molar-refractivity contribution in [1.29, 1.82) is 0 Å². The van der Waals surface area contributed by atoms with Crippen LogP contribution in [0.1, 0.15) is 22.7 Å². The lowest BCUT2D eigenvalue weighted by atomic mass is 10.1. The van der Waals surface area contributed by atoms with Gasteiger partial charge in [-0.3, -0.25) is 9.48 Å². The second-order valence-electron chi connectivity index (χ2n) is 4.81. The van der Waals surface area contributed by atoms with Gasteiger partial charge in [0, 0.05) is 25.4 Å². The van der Waals surface area contributed by atoms with Gasteiger partial charge in [-0.1, -0.05) is 24.3 Å². The Morgan fingerprint density at radius 3 is 2.67 bits per heavy atom. The number of nitrogens with one attached hydrogen (secondary N) is 2. The number of aryl methyl sites for hydroxylation is 2. The minimum atomic E-state index is -0.382. The highest BCUT2D eigenvalue weighted by atomic mass is 35.5. The van der Waals surface area contributed by atoms with Crippen LogP contribution in [0, 0.1) is 6.92 Å². The van der Waals surface area contributed by atoms with Crippen LogP contribution < -0.4 is 10.6 Å². The Hall–Kier alpha value is -1.85. The van der Waals surface area contributed by atoms with Gasteiger partial charge >= 0.3 is 0 Å². The molecule has 5 nitrogen and oxygen atoms in total. The number of aromatic nitrogens is 2. The standard InChI is InChI=1S/C15H20N4O.ClH/c1-11-6-4-5-7-12(11)8-17-15(20)14(16-2)13-9-18-19(3)10-13;/h4-7,9-10,14,16H,8H2,1-3H3,(H,17,20);1H. The van der Waals surface area contributed by atoms with Crippen molar-refractivity contribution in [3.8, 4) is 0 Å². The van der Waals surface area contributed by atoms with Crippen LogP contribution in [0.5, 0.6) is 0 Å². The molecule has 0 saturated heterocycles. The lowest BCUT2D eigenvalue weighted by molar-refractivity contribution is -0.123. The van der Waals surface area contributed by atoms with E-state index in [-0.39, 0.29) is 24.4 Å². The first-order valence-electron chi connectivity index (χ1n) is 6.60. The van der Waals surface area contributed by atoms with Crippen LogP contribution in [-0.2, 0) is 18.4 Å². The summed E-state index contributed by atoms with van der Waals surface area (Å²) in [7, 11) is 3.60. The summed E-state index contributed by atoms with van der Waals surface area (Å²) in [6.45, 7) is 2.57. The molecule has 2 rings (SSSR count). The summed E-state index contributed by atoms with van der Waals surface area (Å²) >= 11 is 0. The van der Waals surface area contributed by atoms with E-state index < -0.39 is 0 Å². The number of benzene rings is 1. The van der Waals surface area contributed by atoms with Crippen LogP contribution in [0.25, 0.3) is 0 Å². The lowest BCUT2D eigenvalue weighted by Crippen LogP contribution is -2.35. The molecule has 0 aliphatic heterocycles. The van der Waals surface area contributed by atoms with E-state index in [1.165, 1.54) is 5.56 Å². The van der Waals surface area contributed by atoms with Gasteiger partial charge in [0.15, 0.2) is 0 Å². The maximum atomic E-state index is 12.3. The van der Waals surface area contributed by atoms with Gasteiger partial charge in [0.1, 0.15) is 6.04 Å². The maximum absolute atomic E-state index is 12.3. The Kier molecular flexibility index (Phi) is 6.39. The zero-order valence-corrected chi connectivity index (χ0v) is 13.3. The van der Waals surface area contributed by atoms with Crippen molar-refractivity contribution in [2.45, 2.75) is 19.5 Å². The fraction of sp³-hybridized carbons (Fsp3) is 0.333. The molecule has 1 atom stereocenters. The molecule has 0 bridgehead atoms. The number of carbonyl (C=O) groups is 1. The summed E-state index contributed by atoms with van der Waals surface area (Å²) in [5, 5.41) is 10.1. The van der Waals surface area contributed by atoms with Gasteiger partial charge in [0.05, 0.1) is 6.20 Å². The summed E-state index contributed by atoms with van der Waals surface area (Å²) in [5.74, 6) is -0.0521. The van der Waals surface area contributed by atoms with Gasteiger partial charge in [0.25, 0.3) is 0 Å². The molecule has 1 aromatic heterocycles. The molecule has 0 aliphatic carbocycles. The van der Waals surface area contributed by atoms with Crippen LogP contribution in [0.4, 0.5) is 0 Å². The summed E-state index contributed by atoms with van der Waals surface area (Å²) < 4.78 is 1.69. The first kappa shape index (κ1) is 17.2. The van der Waals surface area contributed by atoms with Crippen molar-refractivity contribution in [3.05, 3.63) is 53.3 Å². The number of rotatable bonds is 5. The third kappa shape index (κ3) is 4.31. The first-order chi connectivity index (χ1) is 9.61. The summed E-state index contributed by atoms with van der Waals surface area (Å²) in [6, 6.07) is 7.65. The fourth-order valence-electron chi connectivity index (χ4n) is 2.13. The SMILES string of the molecule is CNC(C(=O)NCc1ccccc1C)c1cnn(C)c1.Cl. The molecule has 0 spiro atoms. The fourth-order valence-corrected chi connectivity index (χ4v) is 2.13. The van der Waals surface area contributed by atoms with E-state index in [0.717, 1.165) is 11.1 Å². The first-order valence-corrected chi connectivity index (χ1v) is 6.60. The Morgan fingerprint density at radius 2 is 2.10 bits per heavy atom. The predicted molar refractivity (Wildman–Crippen MR) is 85.3 cm³/mol. The van der Waals surface area contributed by atoms with Gasteiger partial charge in [-0.05, 0) is 25.1 Å². The summed E-state index contributed by atoms with van der Waals surface area (Å²) in [6.07, 6.45) is 3.54. The number of hydrogen-bond acceptors (Lipinski definition) is 3. The molecule has 0 aliphatic rings. The quantitative estimate of drug-likeness (QED) is 0.884. The van der Waals surface area contributed by atoms with Crippen molar-refractivity contribution in [3.63, 3.8) is 0 Å². The topological polar surface area (TPSA) is 59.0 Å². The maximum Gasteiger partial charge on any atom is 0.242 e. The van der Waals surface area contributed by atoms with Gasteiger partial charge in [-0.2, -0.15) is 5.10 Å². The van der Waals surface area contributed by atoms with E-state index >= 15 is 0 Å². The smallest absolute Gasteiger partial charge is 0.242 e. The number of likely N-dealkylation sites (N-methyl/N-ethyl adjacent to an activating group) is 1. The minimum absolute atomic E-state index is 0. The molecular weight excluding hydrogens is 288 g/mol. The average molecular weight is 309 g/mol. The summed E-state index contributed by atoms with van der Waals surface area (Å²) in [5.41, 5.74) is 3.16. The number of nitrogens with zero attached hydrogens (tertiary/aromatic N) is 2. The second-order valence-corrected chi connectivity index (χ2v) is 4.81. The Bertz CT molecular complexity index is 597. The molecule has 0 fully saturated rings. The van der Waals surface area contributed by atoms with E-state index in [1.54, 1.807) is 17.9 Å². The van der Waals surface area contributed by atoms with E-state index in [2.05, 4.69) is 15.7 Å². The van der Waals surface area contributed by atoms with Crippen molar-refractivity contribution in [2.24, 2.45) is 7.05 Å². The number of amides is 1. The highest BCUT2D eigenvalue weighted by molar-refractivity contribution is 5.85. The zero-order chi connectivity index (χ0) is 14.5.